The fraction of sp³-hybridized carbons (Fsp3) is 0.556. The van der Waals surface area contributed by atoms with Crippen LogP contribution in [0.25, 0.3) is 0 Å². The van der Waals surface area contributed by atoms with Gasteiger partial charge in [0.2, 0.25) is 0 Å². The van der Waals surface area contributed by atoms with Crippen molar-refractivity contribution in [3.63, 3.8) is 0 Å². The molecule has 1 rings (SSSR count). The van der Waals surface area contributed by atoms with E-state index < -0.39 is 5.97 Å². The molecule has 72 valence electrons. The van der Waals surface area contributed by atoms with Gasteiger partial charge in [0.25, 0.3) is 0 Å². The van der Waals surface area contributed by atoms with Crippen molar-refractivity contribution < 1.29 is 9.90 Å². The average Bonchev–Trinajstić information content (AvgIpc) is 2.29. The molecule has 1 heterocycles. The van der Waals surface area contributed by atoms with Crippen LogP contribution in [0.3, 0.4) is 0 Å². The molecule has 1 aromatic rings. The molecule has 4 nitrogen and oxygen atoms in total. The molecule has 0 spiro atoms. The maximum Gasteiger partial charge on any atom is 0.309 e. The molecule has 0 saturated carbocycles. The summed E-state index contributed by atoms with van der Waals surface area (Å²) in [7, 11) is 1.80. The van der Waals surface area contributed by atoms with E-state index in [1.165, 1.54) is 0 Å². The van der Waals surface area contributed by atoms with Crippen LogP contribution < -0.4 is 0 Å². The molecule has 1 aromatic heterocycles. The summed E-state index contributed by atoms with van der Waals surface area (Å²) in [5.74, 6) is -0.511. The first-order valence-electron chi connectivity index (χ1n) is 4.25. The van der Waals surface area contributed by atoms with Gasteiger partial charge in [-0.1, -0.05) is 13.8 Å². The predicted molar refractivity (Wildman–Crippen MR) is 48.6 cm³/mol. The van der Waals surface area contributed by atoms with Gasteiger partial charge in [-0.15, -0.1) is 0 Å². The van der Waals surface area contributed by atoms with Gasteiger partial charge in [0.05, 0.1) is 12.1 Å². The summed E-state index contributed by atoms with van der Waals surface area (Å²) in [6, 6.07) is 0. The molecule has 0 radical (unpaired) electrons. The van der Waals surface area contributed by atoms with Gasteiger partial charge >= 0.3 is 5.97 Å². The molecule has 4 heteroatoms. The van der Waals surface area contributed by atoms with Crippen molar-refractivity contribution in [2.24, 2.45) is 7.05 Å². The summed E-state index contributed by atoms with van der Waals surface area (Å²) in [4.78, 5) is 10.5. The van der Waals surface area contributed by atoms with E-state index in [-0.39, 0.29) is 6.42 Å². The highest BCUT2D eigenvalue weighted by Crippen LogP contribution is 2.18. The fourth-order valence-corrected chi connectivity index (χ4v) is 1.32. The molecular weight excluding hydrogens is 168 g/mol. The molecule has 0 aliphatic rings. The second-order valence-corrected chi connectivity index (χ2v) is 3.43. The van der Waals surface area contributed by atoms with Crippen molar-refractivity contribution in [3.8, 4) is 0 Å². The Bertz CT molecular complexity index is 315. The van der Waals surface area contributed by atoms with Gasteiger partial charge in [-0.25, -0.2) is 0 Å². The number of carbonyl (C=O) groups is 1. The van der Waals surface area contributed by atoms with Gasteiger partial charge < -0.3 is 5.11 Å². The van der Waals surface area contributed by atoms with Crippen LogP contribution in [-0.2, 0) is 18.3 Å². The van der Waals surface area contributed by atoms with Crippen molar-refractivity contribution in [2.45, 2.75) is 26.2 Å². The van der Waals surface area contributed by atoms with E-state index in [1.807, 2.05) is 20.0 Å². The SMILES string of the molecule is CC(C)c1cn(C)nc1CC(=O)O. The van der Waals surface area contributed by atoms with Crippen molar-refractivity contribution >= 4 is 5.97 Å². The van der Waals surface area contributed by atoms with Crippen LogP contribution in [0.5, 0.6) is 0 Å². The van der Waals surface area contributed by atoms with Crippen LogP contribution in [0.1, 0.15) is 31.0 Å². The molecule has 1 N–H and O–H groups in total. The van der Waals surface area contributed by atoms with Crippen molar-refractivity contribution in [1.29, 1.82) is 0 Å². The lowest BCUT2D eigenvalue weighted by Crippen LogP contribution is -2.04. The number of aliphatic carboxylic acids is 1. The first-order chi connectivity index (χ1) is 6.00. The lowest BCUT2D eigenvalue weighted by atomic mass is 10.0. The first-order valence-corrected chi connectivity index (χ1v) is 4.25. The zero-order valence-electron chi connectivity index (χ0n) is 8.11. The van der Waals surface area contributed by atoms with Gasteiger partial charge in [0, 0.05) is 13.2 Å². The summed E-state index contributed by atoms with van der Waals surface area (Å²) in [5, 5.41) is 12.7. The molecule has 0 unspecified atom stereocenters. The number of aromatic nitrogens is 2. The number of hydrogen-bond acceptors (Lipinski definition) is 2. The number of aryl methyl sites for hydroxylation is 1. The minimum Gasteiger partial charge on any atom is -0.481 e. The summed E-state index contributed by atoms with van der Waals surface area (Å²) in [6.45, 7) is 4.06. The third-order valence-electron chi connectivity index (χ3n) is 1.88. The maximum atomic E-state index is 10.5. The second kappa shape index (κ2) is 3.60. The van der Waals surface area contributed by atoms with Crippen molar-refractivity contribution in [1.82, 2.24) is 9.78 Å². The summed E-state index contributed by atoms with van der Waals surface area (Å²) >= 11 is 0. The molecule has 0 atom stereocenters. The molecule has 0 aliphatic heterocycles. The van der Waals surface area contributed by atoms with E-state index in [1.54, 1.807) is 11.7 Å². The highest BCUT2D eigenvalue weighted by atomic mass is 16.4. The lowest BCUT2D eigenvalue weighted by Gasteiger charge is -2.02. The highest BCUT2D eigenvalue weighted by molar-refractivity contribution is 5.70. The largest absolute Gasteiger partial charge is 0.481 e. The lowest BCUT2D eigenvalue weighted by molar-refractivity contribution is -0.136. The van der Waals surface area contributed by atoms with E-state index in [9.17, 15) is 4.79 Å². The molecule has 0 saturated heterocycles. The summed E-state index contributed by atoms with van der Waals surface area (Å²) in [6.07, 6.45) is 1.89. The van der Waals surface area contributed by atoms with Gasteiger partial charge in [0.1, 0.15) is 0 Å². The number of carboxylic acid groups (broad SMARTS) is 1. The topological polar surface area (TPSA) is 55.1 Å². The standard InChI is InChI=1S/C9H14N2O2/c1-6(2)7-5-11(3)10-8(7)4-9(12)13/h5-6H,4H2,1-3H3,(H,12,13). The summed E-state index contributed by atoms with van der Waals surface area (Å²) < 4.78 is 1.66. The molecule has 0 bridgehead atoms. The van der Waals surface area contributed by atoms with Gasteiger partial charge in [-0.05, 0) is 11.5 Å². The number of nitrogens with zero attached hydrogens (tertiary/aromatic N) is 2. The Morgan fingerprint density at radius 2 is 2.31 bits per heavy atom. The second-order valence-electron chi connectivity index (χ2n) is 3.43. The van der Waals surface area contributed by atoms with Crippen molar-refractivity contribution in [3.05, 3.63) is 17.5 Å². The van der Waals surface area contributed by atoms with Gasteiger partial charge in [0.15, 0.2) is 0 Å². The third kappa shape index (κ3) is 2.31. The normalized spacial score (nSPS) is 10.8. The summed E-state index contributed by atoms with van der Waals surface area (Å²) in [5.41, 5.74) is 1.69. The van der Waals surface area contributed by atoms with E-state index in [4.69, 9.17) is 5.11 Å². The molecule has 0 aliphatic carbocycles. The Morgan fingerprint density at radius 3 is 2.77 bits per heavy atom. The Balaban J connectivity index is 2.97. The van der Waals surface area contributed by atoms with Crippen LogP contribution >= 0.6 is 0 Å². The smallest absolute Gasteiger partial charge is 0.309 e. The average molecular weight is 182 g/mol. The van der Waals surface area contributed by atoms with Gasteiger partial charge in [-0.2, -0.15) is 5.10 Å². The Morgan fingerprint density at radius 1 is 1.69 bits per heavy atom. The van der Waals surface area contributed by atoms with Crippen molar-refractivity contribution in [2.75, 3.05) is 0 Å². The maximum absolute atomic E-state index is 10.5. The van der Waals surface area contributed by atoms with Crippen LogP contribution in [0.4, 0.5) is 0 Å². The van der Waals surface area contributed by atoms with E-state index in [2.05, 4.69) is 5.10 Å². The molecule has 0 aromatic carbocycles. The Hall–Kier alpha value is -1.32. The monoisotopic (exact) mass is 182 g/mol. The molecule has 0 amide bonds. The Kier molecular flexibility index (Phi) is 2.70. The number of carboxylic acids is 1. The molecule has 0 fully saturated rings. The fourth-order valence-electron chi connectivity index (χ4n) is 1.32. The number of rotatable bonds is 3. The molecule has 13 heavy (non-hydrogen) atoms. The Labute approximate surface area is 77.2 Å². The van der Waals surface area contributed by atoms with Crippen LogP contribution in [-0.4, -0.2) is 20.9 Å². The van der Waals surface area contributed by atoms with E-state index in [0.717, 1.165) is 5.56 Å². The third-order valence-corrected chi connectivity index (χ3v) is 1.88. The zero-order chi connectivity index (χ0) is 10.0. The van der Waals surface area contributed by atoms with E-state index in [0.29, 0.717) is 11.6 Å². The predicted octanol–water partition coefficient (Wildman–Crippen LogP) is 1.17. The highest BCUT2D eigenvalue weighted by Gasteiger charge is 2.13. The van der Waals surface area contributed by atoms with Crippen LogP contribution in [0.15, 0.2) is 6.20 Å². The quantitative estimate of drug-likeness (QED) is 0.763. The first kappa shape index (κ1) is 9.77. The minimum absolute atomic E-state index is 0.00829. The number of hydrogen-bond donors (Lipinski definition) is 1. The van der Waals surface area contributed by atoms with Crippen LogP contribution in [0.2, 0.25) is 0 Å². The van der Waals surface area contributed by atoms with Crippen LogP contribution in [0, 0.1) is 0 Å². The van der Waals surface area contributed by atoms with E-state index >= 15 is 0 Å². The molecular formula is C9H14N2O2. The minimum atomic E-state index is -0.833. The zero-order valence-corrected chi connectivity index (χ0v) is 8.11. The van der Waals surface area contributed by atoms with Gasteiger partial charge in [-0.3, -0.25) is 9.48 Å².